The van der Waals surface area contributed by atoms with Gasteiger partial charge >= 0.3 is 6.03 Å². The number of fused-ring (bicyclic) bond motifs is 3. The molecule has 2 aromatic heterocycles. The predicted molar refractivity (Wildman–Crippen MR) is 163 cm³/mol. The Hall–Kier alpha value is -4.36. The Kier molecular flexibility index (Phi) is 7.06. The summed E-state index contributed by atoms with van der Waals surface area (Å²) in [6.45, 7) is 2.49. The lowest BCUT2D eigenvalue weighted by molar-refractivity contribution is 0.0364. The zero-order valence-electron chi connectivity index (χ0n) is 23.4. The van der Waals surface area contributed by atoms with Crippen molar-refractivity contribution < 1.29 is 19.1 Å². The first-order valence-electron chi connectivity index (χ1n) is 14.3. The Balaban J connectivity index is 1.18. The molecule has 2 saturated heterocycles. The lowest BCUT2D eigenvalue weighted by Gasteiger charge is -2.36. The predicted octanol–water partition coefficient (Wildman–Crippen LogP) is 3.79. The van der Waals surface area contributed by atoms with Gasteiger partial charge in [-0.1, -0.05) is 42.5 Å². The number of carbonyl (C=O) groups is 3. The number of aromatic amines is 1. The number of rotatable bonds is 6. The van der Waals surface area contributed by atoms with Crippen molar-refractivity contribution in [1.82, 2.24) is 20.1 Å². The molecule has 0 radical (unpaired) electrons. The van der Waals surface area contributed by atoms with Crippen LogP contribution in [-0.2, 0) is 4.74 Å². The molecule has 2 aromatic carbocycles. The van der Waals surface area contributed by atoms with Crippen molar-refractivity contribution in [2.75, 3.05) is 37.9 Å². The van der Waals surface area contributed by atoms with Gasteiger partial charge in [0.15, 0.2) is 5.78 Å². The van der Waals surface area contributed by atoms with Gasteiger partial charge in [-0.2, -0.15) is 5.10 Å². The number of hydrogen-bond donors (Lipinski definition) is 3. The average Bonchev–Trinajstić information content (AvgIpc) is 3.83. The van der Waals surface area contributed by atoms with Crippen LogP contribution < -0.4 is 16.5 Å². The molecule has 4 aromatic rings. The second-order valence-electron chi connectivity index (χ2n) is 10.9. The Morgan fingerprint density at radius 2 is 1.81 bits per heavy atom. The number of amides is 3. The van der Waals surface area contributed by atoms with Crippen molar-refractivity contribution in [2.24, 2.45) is 11.5 Å². The monoisotopic (exact) mass is 597 g/mol. The second-order valence-corrected chi connectivity index (χ2v) is 12.0. The number of hydrazine groups is 1. The van der Waals surface area contributed by atoms with Crippen LogP contribution in [0.5, 0.6) is 0 Å². The van der Waals surface area contributed by atoms with Gasteiger partial charge < -0.3 is 21.1 Å². The minimum atomic E-state index is -0.678. The van der Waals surface area contributed by atoms with Crippen LogP contribution >= 0.6 is 11.3 Å². The van der Waals surface area contributed by atoms with E-state index in [-0.39, 0.29) is 23.8 Å². The maximum atomic E-state index is 14.0. The molecule has 12 heteroatoms. The van der Waals surface area contributed by atoms with Crippen molar-refractivity contribution in [3.8, 4) is 21.8 Å². The highest BCUT2D eigenvalue weighted by Crippen LogP contribution is 2.45. The van der Waals surface area contributed by atoms with Gasteiger partial charge in [-0.25, -0.2) is 14.8 Å². The first kappa shape index (κ1) is 27.5. The maximum absolute atomic E-state index is 14.0. The number of nitrogens with zero attached hydrogens (tertiary/aromatic N) is 4. The molecule has 2 fully saturated rings. The molecule has 2 aliphatic heterocycles. The van der Waals surface area contributed by atoms with E-state index in [4.69, 9.17) is 16.2 Å². The standard InChI is InChI=1S/C31H31N7O4S/c32-26(18-6-2-1-3-7-18)21-10-5-13-37(21)30(40)23-12-11-22(43-23)28-25-27(34-35-28)19-8-4-9-20(24(19)29(25)39)38(31(33)41)36-14-16-42-17-15-36/h1-4,6-9,11-12,21,26H,5,10,13-17,32H2,(H2,33,41)(H,34,35)/t21?,26-/m0/s1. The molecule has 7 rings (SSSR count). The first-order chi connectivity index (χ1) is 20.9. The van der Waals surface area contributed by atoms with Crippen LogP contribution in [0.3, 0.4) is 0 Å². The average molecular weight is 598 g/mol. The molecular formula is C31H31N7O4S. The van der Waals surface area contributed by atoms with E-state index in [0.717, 1.165) is 23.3 Å². The lowest BCUT2D eigenvalue weighted by Crippen LogP contribution is -2.54. The molecule has 4 heterocycles. The quantitative estimate of drug-likeness (QED) is 0.269. The highest BCUT2D eigenvalue weighted by molar-refractivity contribution is 7.17. The third-order valence-corrected chi connectivity index (χ3v) is 9.54. The molecule has 1 aliphatic carbocycles. The van der Waals surface area contributed by atoms with E-state index in [0.29, 0.717) is 71.5 Å². The smallest absolute Gasteiger partial charge is 0.334 e. The van der Waals surface area contributed by atoms with Crippen molar-refractivity contribution >= 4 is 34.7 Å². The van der Waals surface area contributed by atoms with Crippen LogP contribution in [0, 0.1) is 0 Å². The zero-order valence-corrected chi connectivity index (χ0v) is 24.2. The fraction of sp³-hybridized carbons (Fsp3) is 0.290. The summed E-state index contributed by atoms with van der Waals surface area (Å²) in [5.41, 5.74) is 16.3. The second kappa shape index (κ2) is 11.0. The molecule has 3 aliphatic rings. The van der Waals surface area contributed by atoms with E-state index in [1.54, 1.807) is 23.2 Å². The van der Waals surface area contributed by atoms with Gasteiger partial charge in [0.1, 0.15) is 5.69 Å². The topological polar surface area (TPSA) is 151 Å². The molecular weight excluding hydrogens is 566 g/mol. The van der Waals surface area contributed by atoms with E-state index >= 15 is 0 Å². The minimum absolute atomic E-state index is 0.0687. The van der Waals surface area contributed by atoms with Crippen LogP contribution in [0.4, 0.5) is 10.5 Å². The van der Waals surface area contributed by atoms with Crippen LogP contribution in [0.25, 0.3) is 21.8 Å². The summed E-state index contributed by atoms with van der Waals surface area (Å²) < 4.78 is 5.44. The highest BCUT2D eigenvalue weighted by atomic mass is 32.1. The van der Waals surface area contributed by atoms with Gasteiger partial charge in [0.2, 0.25) is 0 Å². The van der Waals surface area contributed by atoms with Crippen molar-refractivity contribution in [2.45, 2.75) is 24.9 Å². The number of nitrogens with one attached hydrogen (secondary N) is 1. The number of carbonyl (C=O) groups excluding carboxylic acids is 3. The van der Waals surface area contributed by atoms with Crippen molar-refractivity contribution in [1.29, 1.82) is 0 Å². The summed E-state index contributed by atoms with van der Waals surface area (Å²) in [5.74, 6) is -0.320. The lowest BCUT2D eigenvalue weighted by atomic mass is 9.98. The number of anilines is 1. The molecule has 43 heavy (non-hydrogen) atoms. The largest absolute Gasteiger partial charge is 0.379 e. The van der Waals surface area contributed by atoms with Crippen LogP contribution in [0.2, 0.25) is 0 Å². The van der Waals surface area contributed by atoms with Gasteiger partial charge in [0, 0.05) is 25.2 Å². The number of ketones is 1. The molecule has 0 spiro atoms. The van der Waals surface area contributed by atoms with E-state index in [1.165, 1.54) is 16.3 Å². The van der Waals surface area contributed by atoms with Crippen molar-refractivity contribution in [3.05, 3.63) is 82.2 Å². The summed E-state index contributed by atoms with van der Waals surface area (Å²) in [6.07, 6.45) is 1.74. The Labute approximate surface area is 252 Å². The number of morpholine rings is 1. The zero-order chi connectivity index (χ0) is 29.7. The normalized spacial score (nSPS) is 18.9. The third-order valence-electron chi connectivity index (χ3n) is 8.45. The number of thiophene rings is 1. The number of hydrogen-bond acceptors (Lipinski definition) is 8. The summed E-state index contributed by atoms with van der Waals surface area (Å²) in [5, 5.41) is 10.7. The number of nitrogens with two attached hydrogens (primary N) is 2. The SMILES string of the molecule is NC(=O)N(c1cccc2c1C(=O)c1c-2n[nH]c1-c1ccc(C(=O)N2CCCC2[C@@H](N)c2ccccc2)s1)N1CCOCC1. The van der Waals surface area contributed by atoms with Gasteiger partial charge in [0.25, 0.3) is 5.91 Å². The molecule has 0 saturated carbocycles. The Morgan fingerprint density at radius 3 is 2.58 bits per heavy atom. The number of likely N-dealkylation sites (tertiary alicyclic amines) is 1. The summed E-state index contributed by atoms with van der Waals surface area (Å²) >= 11 is 1.32. The van der Waals surface area contributed by atoms with E-state index < -0.39 is 6.03 Å². The first-order valence-corrected chi connectivity index (χ1v) is 15.2. The van der Waals surface area contributed by atoms with Crippen LogP contribution in [-0.4, -0.2) is 76.7 Å². The molecule has 5 N–H and O–H groups in total. The summed E-state index contributed by atoms with van der Waals surface area (Å²) in [6, 6.07) is 17.8. The van der Waals surface area contributed by atoms with E-state index in [9.17, 15) is 14.4 Å². The highest BCUT2D eigenvalue weighted by Gasteiger charge is 2.39. The van der Waals surface area contributed by atoms with Gasteiger partial charge in [0.05, 0.1) is 57.6 Å². The number of aromatic nitrogens is 2. The fourth-order valence-electron chi connectivity index (χ4n) is 6.42. The van der Waals surface area contributed by atoms with Crippen LogP contribution in [0.15, 0.2) is 60.7 Å². The minimum Gasteiger partial charge on any atom is -0.379 e. The number of H-pyrrole nitrogens is 1. The molecule has 2 atom stereocenters. The van der Waals surface area contributed by atoms with Crippen LogP contribution in [0.1, 0.15) is 50.0 Å². The molecule has 11 nitrogen and oxygen atoms in total. The van der Waals surface area contributed by atoms with Gasteiger partial charge in [-0.15, -0.1) is 11.3 Å². The van der Waals surface area contributed by atoms with Gasteiger partial charge in [-0.3, -0.25) is 14.7 Å². The van der Waals surface area contributed by atoms with E-state index in [2.05, 4.69) is 10.2 Å². The number of benzene rings is 2. The Bertz CT molecular complexity index is 1710. The molecule has 3 amide bonds. The fourth-order valence-corrected chi connectivity index (χ4v) is 7.39. The summed E-state index contributed by atoms with van der Waals surface area (Å²) in [4.78, 5) is 43.5. The molecule has 1 unspecified atom stereocenters. The van der Waals surface area contributed by atoms with Gasteiger partial charge in [-0.05, 0) is 36.6 Å². The third kappa shape index (κ3) is 4.63. The number of urea groups is 1. The molecule has 0 bridgehead atoms. The summed E-state index contributed by atoms with van der Waals surface area (Å²) in [7, 11) is 0. The molecule has 220 valence electrons. The van der Waals surface area contributed by atoms with Crippen molar-refractivity contribution in [3.63, 3.8) is 0 Å². The number of ether oxygens (including phenoxy) is 1. The van der Waals surface area contributed by atoms with E-state index in [1.807, 2.05) is 47.4 Å². The number of primary amides is 1. The Morgan fingerprint density at radius 1 is 1.02 bits per heavy atom. The maximum Gasteiger partial charge on any atom is 0.334 e.